The lowest BCUT2D eigenvalue weighted by Gasteiger charge is -2.00. The Balaban J connectivity index is 5.01. The Labute approximate surface area is 176 Å². The molecule has 10 heteroatoms. The molecule has 0 atom stereocenters. The fourth-order valence-corrected chi connectivity index (χ4v) is 2.69. The van der Waals surface area contributed by atoms with Crippen molar-refractivity contribution in [2.24, 2.45) is 0 Å². The predicted molar refractivity (Wildman–Crippen MR) is 112 cm³/mol. The van der Waals surface area contributed by atoms with E-state index in [0.29, 0.717) is 32.1 Å². The summed E-state index contributed by atoms with van der Waals surface area (Å²) in [5.74, 6) is 0. The molecule has 0 rings (SSSR count). The van der Waals surface area contributed by atoms with Gasteiger partial charge in [-0.1, -0.05) is 32.6 Å². The van der Waals surface area contributed by atoms with Gasteiger partial charge in [0, 0.05) is 12.5 Å². The van der Waals surface area contributed by atoms with Gasteiger partial charge in [0.15, 0.2) is 6.29 Å². The van der Waals surface area contributed by atoms with Gasteiger partial charge in [-0.15, -0.1) is 0 Å². The van der Waals surface area contributed by atoms with Crippen molar-refractivity contribution < 1.29 is 19.6 Å². The normalized spacial score (nSPS) is 12.6. The summed E-state index contributed by atoms with van der Waals surface area (Å²) in [4.78, 5) is 41.8. The maximum absolute atomic E-state index is 11.3. The fraction of sp³-hybridized carbons (Fsp3) is 0.650. The van der Waals surface area contributed by atoms with Crippen molar-refractivity contribution in [2.45, 2.75) is 84.0 Å². The molecule has 1 radical (unpaired) electrons. The molecule has 0 fully saturated rings. The smallest absolute Gasteiger partial charge is 0.253 e. The van der Waals surface area contributed by atoms with Gasteiger partial charge in [0.05, 0.1) is 21.2 Å². The van der Waals surface area contributed by atoms with Gasteiger partial charge >= 0.3 is 0 Å². The van der Waals surface area contributed by atoms with Crippen molar-refractivity contribution in [3.8, 4) is 0 Å². The van der Waals surface area contributed by atoms with Crippen molar-refractivity contribution in [1.82, 2.24) is 0 Å². The first-order valence-corrected chi connectivity index (χ1v) is 10.2. The first-order valence-electron chi connectivity index (χ1n) is 10.2. The molecule has 0 heterocycles. The minimum absolute atomic E-state index is 0.148. The minimum Gasteiger partial charge on any atom is -0.291 e. The van der Waals surface area contributed by atoms with Gasteiger partial charge in [0.2, 0.25) is 5.70 Å². The zero-order valence-corrected chi connectivity index (χ0v) is 17.4. The van der Waals surface area contributed by atoms with E-state index in [2.05, 4.69) is 0 Å². The van der Waals surface area contributed by atoms with Crippen molar-refractivity contribution in [2.75, 3.05) is 0 Å². The van der Waals surface area contributed by atoms with Crippen LogP contribution in [0.4, 0.5) is 0 Å². The van der Waals surface area contributed by atoms with Crippen molar-refractivity contribution in [3.05, 3.63) is 65.7 Å². The Morgan fingerprint density at radius 1 is 0.733 bits per heavy atom. The van der Waals surface area contributed by atoms with Crippen LogP contribution >= 0.6 is 0 Å². The standard InChI is InChI=1S/C20H30N3O7/c1-2-3-4-9-12-18(21(25)26)14-15-20(23(29)30)17-19(22(27)28)13-10-7-5-6-8-11-16-24/h12-13,15H,2-11,14,17H2,1H3/b18-12+,19-13+,20-15+. The van der Waals surface area contributed by atoms with Crippen LogP contribution in [0.2, 0.25) is 0 Å². The minimum atomic E-state index is -0.734. The molecule has 0 saturated heterocycles. The Morgan fingerprint density at radius 2 is 1.23 bits per heavy atom. The quantitative estimate of drug-likeness (QED) is 0.165. The lowest BCUT2D eigenvalue weighted by Crippen LogP contribution is -2.07. The van der Waals surface area contributed by atoms with Gasteiger partial charge in [0.1, 0.15) is 6.42 Å². The summed E-state index contributed by atoms with van der Waals surface area (Å²) < 4.78 is 0. The predicted octanol–water partition coefficient (Wildman–Crippen LogP) is 5.28. The Bertz CT molecular complexity index is 669. The van der Waals surface area contributed by atoms with Crippen LogP contribution in [0.5, 0.6) is 0 Å². The molecular formula is C20H30N3O7. The van der Waals surface area contributed by atoms with Crippen LogP contribution in [0.25, 0.3) is 0 Å². The molecule has 30 heavy (non-hydrogen) atoms. The molecule has 0 unspecified atom stereocenters. The highest BCUT2D eigenvalue weighted by molar-refractivity contribution is 5.50. The average Bonchev–Trinajstić information content (AvgIpc) is 2.69. The van der Waals surface area contributed by atoms with Crippen LogP contribution in [-0.4, -0.2) is 21.1 Å². The second-order valence-electron chi connectivity index (χ2n) is 6.83. The number of hydrogen-bond acceptors (Lipinski definition) is 7. The Hall–Kier alpha value is -2.91. The van der Waals surface area contributed by atoms with E-state index >= 15 is 0 Å². The van der Waals surface area contributed by atoms with Crippen LogP contribution in [-0.2, 0) is 4.79 Å². The van der Waals surface area contributed by atoms with Crippen LogP contribution in [0.1, 0.15) is 84.0 Å². The molecule has 10 nitrogen and oxygen atoms in total. The monoisotopic (exact) mass is 424 g/mol. The third-order valence-electron chi connectivity index (χ3n) is 4.41. The SMILES string of the molecule is CCCCC/C=C(\C/C=C(\C/C(=C\CCCCCC[C]=O)[N+](=O)[O-])[N+](=O)[O-])[N+](=O)[O-]. The third kappa shape index (κ3) is 13.3. The summed E-state index contributed by atoms with van der Waals surface area (Å²) in [5, 5.41) is 33.7. The van der Waals surface area contributed by atoms with Crippen LogP contribution < -0.4 is 0 Å². The lowest BCUT2D eigenvalue weighted by molar-refractivity contribution is -0.450. The first kappa shape index (κ1) is 27.1. The second-order valence-corrected chi connectivity index (χ2v) is 6.83. The van der Waals surface area contributed by atoms with E-state index in [0.717, 1.165) is 38.2 Å². The van der Waals surface area contributed by atoms with Gasteiger partial charge in [-0.3, -0.25) is 35.1 Å². The van der Waals surface area contributed by atoms with E-state index in [1.807, 2.05) is 6.92 Å². The molecule has 0 bridgehead atoms. The number of nitro groups is 3. The second kappa shape index (κ2) is 17.0. The van der Waals surface area contributed by atoms with Crippen LogP contribution in [0.3, 0.4) is 0 Å². The van der Waals surface area contributed by atoms with Crippen molar-refractivity contribution in [1.29, 1.82) is 0 Å². The number of carbonyl (C=O) groups excluding carboxylic acids is 1. The topological polar surface area (TPSA) is 146 Å². The maximum atomic E-state index is 11.3. The van der Waals surface area contributed by atoms with Crippen LogP contribution in [0, 0.1) is 30.3 Å². The summed E-state index contributed by atoms with van der Waals surface area (Å²) in [7, 11) is 0. The largest absolute Gasteiger partial charge is 0.291 e. The molecule has 0 aromatic rings. The molecule has 0 spiro atoms. The van der Waals surface area contributed by atoms with Crippen LogP contribution in [0.15, 0.2) is 35.3 Å². The van der Waals surface area contributed by atoms with Gasteiger partial charge in [0.25, 0.3) is 11.4 Å². The van der Waals surface area contributed by atoms with Gasteiger partial charge in [-0.25, -0.2) is 0 Å². The molecule has 0 amide bonds. The van der Waals surface area contributed by atoms with Gasteiger partial charge in [-0.05, 0) is 44.3 Å². The summed E-state index contributed by atoms with van der Waals surface area (Å²) >= 11 is 0. The van der Waals surface area contributed by atoms with E-state index in [9.17, 15) is 35.1 Å². The Morgan fingerprint density at radius 3 is 1.77 bits per heavy atom. The Kier molecular flexibility index (Phi) is 15.3. The van der Waals surface area contributed by atoms with E-state index in [1.54, 1.807) is 6.29 Å². The molecule has 0 aliphatic carbocycles. The van der Waals surface area contributed by atoms with E-state index in [1.165, 1.54) is 12.2 Å². The zero-order chi connectivity index (χ0) is 22.8. The third-order valence-corrected chi connectivity index (χ3v) is 4.41. The van der Waals surface area contributed by atoms with Crippen molar-refractivity contribution >= 4 is 6.29 Å². The summed E-state index contributed by atoms with van der Waals surface area (Å²) in [6.45, 7) is 2.01. The number of allylic oxidation sites excluding steroid dienone is 3. The number of hydrogen-bond donors (Lipinski definition) is 0. The van der Waals surface area contributed by atoms with E-state index in [-0.39, 0.29) is 17.8 Å². The summed E-state index contributed by atoms with van der Waals surface area (Å²) in [5.41, 5.74) is -0.876. The number of rotatable bonds is 18. The zero-order valence-electron chi connectivity index (χ0n) is 17.4. The fourth-order valence-electron chi connectivity index (χ4n) is 2.69. The van der Waals surface area contributed by atoms with E-state index < -0.39 is 26.9 Å². The first-order chi connectivity index (χ1) is 14.3. The lowest BCUT2D eigenvalue weighted by atomic mass is 10.1. The van der Waals surface area contributed by atoms with E-state index in [4.69, 9.17) is 0 Å². The summed E-state index contributed by atoms with van der Waals surface area (Å²) in [6, 6.07) is 0. The molecule has 0 aromatic carbocycles. The molecular weight excluding hydrogens is 394 g/mol. The number of unbranched alkanes of at least 4 members (excludes halogenated alkanes) is 8. The highest BCUT2D eigenvalue weighted by Crippen LogP contribution is 2.18. The highest BCUT2D eigenvalue weighted by Gasteiger charge is 2.22. The highest BCUT2D eigenvalue weighted by atomic mass is 16.6. The maximum Gasteiger partial charge on any atom is 0.253 e. The molecule has 0 aromatic heterocycles. The van der Waals surface area contributed by atoms with Crippen molar-refractivity contribution in [3.63, 3.8) is 0 Å². The van der Waals surface area contributed by atoms with Gasteiger partial charge in [-0.2, -0.15) is 0 Å². The number of nitrogens with zero attached hydrogens (tertiary/aromatic N) is 3. The van der Waals surface area contributed by atoms with Gasteiger partial charge < -0.3 is 0 Å². The average molecular weight is 424 g/mol. The summed E-state index contributed by atoms with van der Waals surface area (Å²) in [6.07, 6.45) is 11.9. The molecule has 0 aliphatic rings. The molecule has 0 aliphatic heterocycles. The molecule has 0 saturated carbocycles. The molecule has 167 valence electrons. The molecule has 0 N–H and O–H groups in total.